The normalized spacial score (nSPS) is 10.1. The number of rotatable bonds is 7. The molecule has 2 rings (SSSR count). The van der Waals surface area contributed by atoms with Gasteiger partial charge in [0.1, 0.15) is 0 Å². The van der Waals surface area contributed by atoms with Gasteiger partial charge in [0.2, 0.25) is 5.91 Å². The van der Waals surface area contributed by atoms with Crippen LogP contribution in [0.5, 0.6) is 11.5 Å². The molecule has 0 heterocycles. The van der Waals surface area contributed by atoms with Crippen molar-refractivity contribution in [3.63, 3.8) is 0 Å². The third-order valence-electron chi connectivity index (χ3n) is 3.45. The first-order valence-corrected chi connectivity index (χ1v) is 7.28. The Morgan fingerprint density at radius 1 is 1.08 bits per heavy atom. The van der Waals surface area contributed by atoms with Gasteiger partial charge in [0.05, 0.1) is 19.1 Å². The number of nitro benzene ring substituents is 1. The summed E-state index contributed by atoms with van der Waals surface area (Å²) in [4.78, 5) is 22.1. The van der Waals surface area contributed by atoms with Crippen molar-refractivity contribution in [1.82, 2.24) is 0 Å². The van der Waals surface area contributed by atoms with Crippen LogP contribution in [-0.2, 0) is 11.2 Å². The Hall–Kier alpha value is -3.09. The van der Waals surface area contributed by atoms with Crippen LogP contribution in [0.4, 0.5) is 11.4 Å². The molecule has 24 heavy (non-hydrogen) atoms. The van der Waals surface area contributed by atoms with Gasteiger partial charge in [-0.25, -0.2) is 0 Å². The number of nitro groups is 1. The maximum absolute atomic E-state index is 12.0. The van der Waals surface area contributed by atoms with E-state index < -0.39 is 4.92 Å². The summed E-state index contributed by atoms with van der Waals surface area (Å²) in [5.74, 6) is 1.08. The van der Waals surface area contributed by atoms with Crippen molar-refractivity contribution < 1.29 is 19.2 Å². The van der Waals surface area contributed by atoms with E-state index in [-0.39, 0.29) is 18.0 Å². The summed E-state index contributed by atoms with van der Waals surface area (Å²) >= 11 is 0. The smallest absolute Gasteiger partial charge is 0.269 e. The van der Waals surface area contributed by atoms with Gasteiger partial charge in [-0.3, -0.25) is 14.9 Å². The molecule has 126 valence electrons. The molecule has 7 nitrogen and oxygen atoms in total. The molecule has 0 saturated heterocycles. The number of carbonyl (C=O) groups excluding carboxylic acids is 1. The highest BCUT2D eigenvalue weighted by Crippen LogP contribution is 2.28. The lowest BCUT2D eigenvalue weighted by Crippen LogP contribution is -2.12. The number of amides is 1. The Bertz CT molecular complexity index is 728. The van der Waals surface area contributed by atoms with Gasteiger partial charge in [-0.2, -0.15) is 0 Å². The number of non-ortho nitro benzene ring substituents is 1. The summed E-state index contributed by atoms with van der Waals surface area (Å²) in [7, 11) is 3.12. The Labute approximate surface area is 139 Å². The van der Waals surface area contributed by atoms with E-state index in [0.717, 1.165) is 5.56 Å². The molecule has 2 aromatic rings. The van der Waals surface area contributed by atoms with Crippen LogP contribution in [0.25, 0.3) is 0 Å². The molecule has 1 N–H and O–H groups in total. The summed E-state index contributed by atoms with van der Waals surface area (Å²) in [5.41, 5.74) is 1.46. The fraction of sp³-hybridized carbons (Fsp3) is 0.235. The lowest BCUT2D eigenvalue weighted by atomic mass is 10.1. The third-order valence-corrected chi connectivity index (χ3v) is 3.45. The van der Waals surface area contributed by atoms with Gasteiger partial charge in [-0.05, 0) is 36.2 Å². The van der Waals surface area contributed by atoms with Gasteiger partial charge in [0.25, 0.3) is 5.69 Å². The van der Waals surface area contributed by atoms with Crippen LogP contribution in [0, 0.1) is 10.1 Å². The molecule has 0 fully saturated rings. The minimum absolute atomic E-state index is 0.0154. The van der Waals surface area contributed by atoms with Gasteiger partial charge >= 0.3 is 0 Å². The molecule has 0 bridgehead atoms. The first-order valence-electron chi connectivity index (χ1n) is 7.28. The number of methoxy groups -OCH3 is 2. The second kappa shape index (κ2) is 7.96. The van der Waals surface area contributed by atoms with Crippen molar-refractivity contribution in [3.8, 4) is 11.5 Å². The van der Waals surface area contributed by atoms with Crippen molar-refractivity contribution in [3.05, 3.63) is 58.1 Å². The van der Waals surface area contributed by atoms with Gasteiger partial charge in [-0.15, -0.1) is 0 Å². The molecule has 0 aliphatic carbocycles. The topological polar surface area (TPSA) is 90.7 Å². The van der Waals surface area contributed by atoms with E-state index in [1.807, 2.05) is 12.1 Å². The predicted octanol–water partition coefficient (Wildman–Crippen LogP) is 3.18. The second-order valence-electron chi connectivity index (χ2n) is 5.04. The quantitative estimate of drug-likeness (QED) is 0.622. The fourth-order valence-corrected chi connectivity index (χ4v) is 2.18. The Morgan fingerprint density at radius 3 is 2.33 bits per heavy atom. The maximum Gasteiger partial charge on any atom is 0.269 e. The second-order valence-corrected chi connectivity index (χ2v) is 5.04. The van der Waals surface area contributed by atoms with Crippen LogP contribution in [0.1, 0.15) is 12.0 Å². The maximum atomic E-state index is 12.0. The summed E-state index contributed by atoms with van der Waals surface area (Å²) in [5, 5.41) is 13.3. The summed E-state index contributed by atoms with van der Waals surface area (Å²) < 4.78 is 10.4. The standard InChI is InChI=1S/C17H18N2O5/c1-23-15-9-3-12(11-16(15)24-2)4-10-17(20)18-13-5-7-14(8-6-13)19(21)22/h3,5-9,11H,4,10H2,1-2H3,(H,18,20). The SMILES string of the molecule is COc1ccc(CCC(=O)Nc2ccc([N+](=O)[O-])cc2)cc1OC. The predicted molar refractivity (Wildman–Crippen MR) is 89.6 cm³/mol. The average molecular weight is 330 g/mol. The highest BCUT2D eigenvalue weighted by molar-refractivity contribution is 5.90. The van der Waals surface area contributed by atoms with Crippen LogP contribution in [0.3, 0.4) is 0 Å². The van der Waals surface area contributed by atoms with Crippen molar-refractivity contribution >= 4 is 17.3 Å². The van der Waals surface area contributed by atoms with Crippen molar-refractivity contribution in [2.24, 2.45) is 0 Å². The molecule has 0 unspecified atom stereocenters. The number of carbonyl (C=O) groups is 1. The highest BCUT2D eigenvalue weighted by Gasteiger charge is 2.09. The Balaban J connectivity index is 1.92. The van der Waals surface area contributed by atoms with Crippen LogP contribution >= 0.6 is 0 Å². The number of anilines is 1. The molecular weight excluding hydrogens is 312 g/mol. The lowest BCUT2D eigenvalue weighted by Gasteiger charge is -2.09. The van der Waals surface area contributed by atoms with E-state index in [1.165, 1.54) is 24.3 Å². The van der Waals surface area contributed by atoms with E-state index in [9.17, 15) is 14.9 Å². The zero-order chi connectivity index (χ0) is 17.5. The molecule has 0 atom stereocenters. The third kappa shape index (κ3) is 4.45. The van der Waals surface area contributed by atoms with Crippen LogP contribution in [0.2, 0.25) is 0 Å². The molecule has 0 aliphatic heterocycles. The fourth-order valence-electron chi connectivity index (χ4n) is 2.18. The molecule has 0 aromatic heterocycles. The molecule has 0 radical (unpaired) electrons. The molecule has 2 aromatic carbocycles. The van der Waals surface area contributed by atoms with Crippen molar-refractivity contribution in [2.75, 3.05) is 19.5 Å². The first kappa shape index (κ1) is 17.3. The molecule has 1 amide bonds. The van der Waals surface area contributed by atoms with Crippen molar-refractivity contribution in [2.45, 2.75) is 12.8 Å². The Morgan fingerprint density at radius 2 is 1.75 bits per heavy atom. The number of hydrogen-bond donors (Lipinski definition) is 1. The van der Waals surface area contributed by atoms with E-state index in [2.05, 4.69) is 5.32 Å². The zero-order valence-corrected chi connectivity index (χ0v) is 13.4. The van der Waals surface area contributed by atoms with Gasteiger partial charge < -0.3 is 14.8 Å². The van der Waals surface area contributed by atoms with E-state index in [4.69, 9.17) is 9.47 Å². The first-order chi connectivity index (χ1) is 11.5. The monoisotopic (exact) mass is 330 g/mol. The van der Waals surface area contributed by atoms with E-state index in [0.29, 0.717) is 23.6 Å². The zero-order valence-electron chi connectivity index (χ0n) is 13.4. The number of nitrogens with zero attached hydrogens (tertiary/aromatic N) is 1. The number of aryl methyl sites for hydroxylation is 1. The number of ether oxygens (including phenoxy) is 2. The number of hydrogen-bond acceptors (Lipinski definition) is 5. The average Bonchev–Trinajstić information content (AvgIpc) is 2.60. The van der Waals surface area contributed by atoms with E-state index >= 15 is 0 Å². The number of nitrogens with one attached hydrogen (secondary N) is 1. The van der Waals surface area contributed by atoms with Crippen molar-refractivity contribution in [1.29, 1.82) is 0 Å². The van der Waals surface area contributed by atoms with Gasteiger partial charge in [0, 0.05) is 24.2 Å². The van der Waals surface area contributed by atoms with Gasteiger partial charge in [0.15, 0.2) is 11.5 Å². The molecule has 0 aliphatic rings. The van der Waals surface area contributed by atoms with Crippen LogP contribution in [-0.4, -0.2) is 25.1 Å². The van der Waals surface area contributed by atoms with Crippen LogP contribution in [0.15, 0.2) is 42.5 Å². The minimum Gasteiger partial charge on any atom is -0.493 e. The van der Waals surface area contributed by atoms with Crippen LogP contribution < -0.4 is 14.8 Å². The summed E-state index contributed by atoms with van der Waals surface area (Å²) in [6.45, 7) is 0. The van der Waals surface area contributed by atoms with Gasteiger partial charge in [-0.1, -0.05) is 6.07 Å². The Kier molecular flexibility index (Phi) is 5.73. The summed E-state index contributed by atoms with van der Waals surface area (Å²) in [6, 6.07) is 11.2. The molecule has 7 heteroatoms. The summed E-state index contributed by atoms with van der Waals surface area (Å²) in [6.07, 6.45) is 0.825. The van der Waals surface area contributed by atoms with E-state index in [1.54, 1.807) is 20.3 Å². The number of benzene rings is 2. The molecule has 0 saturated carbocycles. The minimum atomic E-state index is -0.483. The largest absolute Gasteiger partial charge is 0.493 e. The molecule has 0 spiro atoms. The lowest BCUT2D eigenvalue weighted by molar-refractivity contribution is -0.384. The highest BCUT2D eigenvalue weighted by atomic mass is 16.6. The molecular formula is C17H18N2O5.